The highest BCUT2D eigenvalue weighted by atomic mass is 32.1. The highest BCUT2D eigenvalue weighted by Crippen LogP contribution is 2.34. The molecule has 1 N–H and O–H groups in total. The maximum absolute atomic E-state index is 12.9. The minimum Gasteiger partial charge on any atom is -0.347 e. The third kappa shape index (κ3) is 3.09. The van der Waals surface area contributed by atoms with E-state index >= 15 is 0 Å². The van der Waals surface area contributed by atoms with Gasteiger partial charge >= 0.3 is 6.18 Å². The first-order chi connectivity index (χ1) is 12.3. The van der Waals surface area contributed by atoms with Crippen molar-refractivity contribution in [1.29, 1.82) is 0 Å². The van der Waals surface area contributed by atoms with E-state index in [1.165, 1.54) is 18.9 Å². The summed E-state index contributed by atoms with van der Waals surface area (Å²) < 4.78 is 38.6. The van der Waals surface area contributed by atoms with E-state index in [-0.39, 0.29) is 16.8 Å². The highest BCUT2D eigenvalue weighted by molar-refractivity contribution is 7.20. The Bertz CT molecular complexity index is 848. The largest absolute Gasteiger partial charge is 0.433 e. The number of carbonyl (C=O) groups is 1. The van der Waals surface area contributed by atoms with Crippen LogP contribution in [0.3, 0.4) is 0 Å². The van der Waals surface area contributed by atoms with Crippen molar-refractivity contribution >= 4 is 27.5 Å². The average Bonchev–Trinajstić information content (AvgIpc) is 3.16. The van der Waals surface area contributed by atoms with Crippen LogP contribution in [-0.4, -0.2) is 41.0 Å². The number of piperidine rings is 1. The predicted octanol–water partition coefficient (Wildman–Crippen LogP) is 3.98. The fourth-order valence-corrected chi connectivity index (χ4v) is 5.21. The van der Waals surface area contributed by atoms with Gasteiger partial charge in [0.2, 0.25) is 0 Å². The van der Waals surface area contributed by atoms with E-state index in [1.807, 2.05) is 0 Å². The van der Waals surface area contributed by atoms with E-state index in [0.29, 0.717) is 21.9 Å². The molecule has 0 unspecified atom stereocenters. The minimum atomic E-state index is -4.48. The molecule has 1 amide bonds. The number of aryl methyl sites for hydroxylation is 1. The van der Waals surface area contributed by atoms with E-state index in [4.69, 9.17) is 0 Å². The normalized spacial score (nSPS) is 24.0. The summed E-state index contributed by atoms with van der Waals surface area (Å²) in [6.07, 6.45) is -0.0775. The topological polar surface area (TPSA) is 45.2 Å². The summed E-state index contributed by atoms with van der Waals surface area (Å²) in [6.45, 7) is 3.85. The van der Waals surface area contributed by atoms with Gasteiger partial charge in [-0.1, -0.05) is 6.42 Å². The van der Waals surface area contributed by atoms with Crippen LogP contribution < -0.4 is 5.32 Å². The van der Waals surface area contributed by atoms with Crippen molar-refractivity contribution in [2.24, 2.45) is 0 Å². The number of pyridine rings is 1. The molecule has 0 spiro atoms. The molecule has 2 aliphatic heterocycles. The summed E-state index contributed by atoms with van der Waals surface area (Å²) in [6, 6.07) is 2.88. The Hall–Kier alpha value is -1.67. The zero-order valence-corrected chi connectivity index (χ0v) is 15.2. The Balaban J connectivity index is 1.58. The highest BCUT2D eigenvalue weighted by Gasteiger charge is 2.37. The number of nitrogens with one attached hydrogen (secondary N) is 1. The first-order valence-electron chi connectivity index (χ1n) is 8.87. The van der Waals surface area contributed by atoms with Gasteiger partial charge in [-0.05, 0) is 50.4 Å². The molecule has 0 radical (unpaired) electrons. The molecule has 2 aliphatic rings. The molecule has 26 heavy (non-hydrogen) atoms. The van der Waals surface area contributed by atoms with Crippen molar-refractivity contribution in [2.75, 3.05) is 13.1 Å². The third-order valence-corrected chi connectivity index (χ3v) is 6.67. The number of hydrogen-bond donors (Lipinski definition) is 1. The van der Waals surface area contributed by atoms with Gasteiger partial charge in [0.1, 0.15) is 10.5 Å². The molecule has 0 aromatic carbocycles. The van der Waals surface area contributed by atoms with E-state index in [2.05, 4.69) is 15.2 Å². The predicted molar refractivity (Wildman–Crippen MR) is 94.4 cm³/mol. The van der Waals surface area contributed by atoms with Crippen molar-refractivity contribution in [3.63, 3.8) is 0 Å². The van der Waals surface area contributed by atoms with Crippen LogP contribution in [0.25, 0.3) is 10.2 Å². The molecule has 0 bridgehead atoms. The zero-order chi connectivity index (χ0) is 18.5. The molecule has 4 rings (SSSR count). The second-order valence-electron chi connectivity index (χ2n) is 7.07. The fourth-order valence-electron chi connectivity index (χ4n) is 4.12. The number of alkyl halides is 3. The molecule has 0 saturated carbocycles. The van der Waals surface area contributed by atoms with Crippen LogP contribution in [0, 0.1) is 6.92 Å². The van der Waals surface area contributed by atoms with E-state index in [9.17, 15) is 18.0 Å². The number of hydrogen-bond acceptors (Lipinski definition) is 4. The maximum Gasteiger partial charge on any atom is 0.433 e. The Morgan fingerprint density at radius 3 is 2.85 bits per heavy atom. The second-order valence-corrected chi connectivity index (χ2v) is 8.07. The molecule has 2 aromatic rings. The van der Waals surface area contributed by atoms with Crippen LogP contribution in [-0.2, 0) is 6.18 Å². The monoisotopic (exact) mass is 383 g/mol. The molecule has 2 atom stereocenters. The number of amides is 1. The van der Waals surface area contributed by atoms with Gasteiger partial charge in [-0.2, -0.15) is 13.2 Å². The van der Waals surface area contributed by atoms with E-state index < -0.39 is 11.9 Å². The summed E-state index contributed by atoms with van der Waals surface area (Å²) in [5.41, 5.74) is -0.228. The quantitative estimate of drug-likeness (QED) is 0.853. The standard InChI is InChI=1S/C18H20F3N3OS/c1-10-11-5-6-14(18(19,20)21)23-17(11)26-15(10)16(25)22-12-7-9-24-8-3-2-4-13(12)24/h5-6,12-13H,2-4,7-9H2,1H3,(H,22,25)/t12-,13-/m1/s1. The zero-order valence-electron chi connectivity index (χ0n) is 14.4. The smallest absolute Gasteiger partial charge is 0.347 e. The first-order valence-corrected chi connectivity index (χ1v) is 9.68. The van der Waals surface area contributed by atoms with Crippen molar-refractivity contribution < 1.29 is 18.0 Å². The molecular formula is C18H20F3N3OS. The molecule has 2 saturated heterocycles. The summed E-state index contributed by atoms with van der Waals surface area (Å²) in [7, 11) is 0. The van der Waals surface area contributed by atoms with Gasteiger partial charge in [-0.3, -0.25) is 9.69 Å². The molecular weight excluding hydrogens is 363 g/mol. The van der Waals surface area contributed by atoms with Crippen LogP contribution in [0.5, 0.6) is 0 Å². The first kappa shape index (κ1) is 17.7. The Labute approximate surface area is 153 Å². The second kappa shape index (κ2) is 6.49. The summed E-state index contributed by atoms with van der Waals surface area (Å²) in [5.74, 6) is -0.198. The summed E-state index contributed by atoms with van der Waals surface area (Å²) in [5, 5.41) is 3.73. The van der Waals surface area contributed by atoms with E-state index in [0.717, 1.165) is 43.3 Å². The maximum atomic E-state index is 12.9. The number of nitrogens with zero attached hydrogens (tertiary/aromatic N) is 2. The van der Waals surface area contributed by atoms with Crippen molar-refractivity contribution in [2.45, 2.75) is 50.9 Å². The summed E-state index contributed by atoms with van der Waals surface area (Å²) >= 11 is 1.04. The van der Waals surface area contributed by atoms with Gasteiger partial charge in [0.05, 0.1) is 4.88 Å². The van der Waals surface area contributed by atoms with Crippen molar-refractivity contribution in [3.05, 3.63) is 28.3 Å². The van der Waals surface area contributed by atoms with Crippen LogP contribution >= 0.6 is 11.3 Å². The van der Waals surface area contributed by atoms with Gasteiger partial charge < -0.3 is 5.32 Å². The fraction of sp³-hybridized carbons (Fsp3) is 0.556. The number of carbonyl (C=O) groups excluding carboxylic acids is 1. The van der Waals surface area contributed by atoms with Crippen LogP contribution in [0.1, 0.15) is 46.6 Å². The molecule has 2 fully saturated rings. The number of rotatable bonds is 2. The van der Waals surface area contributed by atoms with E-state index in [1.54, 1.807) is 6.92 Å². The molecule has 2 aromatic heterocycles. The van der Waals surface area contributed by atoms with Crippen LogP contribution in [0.15, 0.2) is 12.1 Å². The van der Waals surface area contributed by atoms with Gasteiger partial charge in [-0.15, -0.1) is 11.3 Å². The van der Waals surface area contributed by atoms with Gasteiger partial charge in [-0.25, -0.2) is 4.98 Å². The van der Waals surface area contributed by atoms with Crippen LogP contribution in [0.2, 0.25) is 0 Å². The number of halogens is 3. The van der Waals surface area contributed by atoms with Gasteiger partial charge in [0, 0.05) is 24.0 Å². The summed E-state index contributed by atoms with van der Waals surface area (Å²) in [4.78, 5) is 19.6. The number of aromatic nitrogens is 1. The van der Waals surface area contributed by atoms with Crippen molar-refractivity contribution in [3.8, 4) is 0 Å². The average molecular weight is 383 g/mol. The Morgan fingerprint density at radius 2 is 2.08 bits per heavy atom. The lowest BCUT2D eigenvalue weighted by atomic mass is 9.99. The van der Waals surface area contributed by atoms with Gasteiger partial charge in [0.25, 0.3) is 5.91 Å². The molecule has 4 heterocycles. The third-order valence-electron chi connectivity index (χ3n) is 5.47. The Morgan fingerprint density at radius 1 is 1.27 bits per heavy atom. The number of thiophene rings is 1. The van der Waals surface area contributed by atoms with Crippen molar-refractivity contribution in [1.82, 2.24) is 15.2 Å². The lowest BCUT2D eigenvalue weighted by Crippen LogP contribution is -2.46. The SMILES string of the molecule is Cc1c(C(=O)N[C@@H]2CCN3CCCC[C@H]23)sc2nc(C(F)(F)F)ccc12. The molecule has 4 nitrogen and oxygen atoms in total. The molecule has 140 valence electrons. The molecule has 8 heteroatoms. The molecule has 0 aliphatic carbocycles. The van der Waals surface area contributed by atoms with Crippen LogP contribution in [0.4, 0.5) is 13.2 Å². The lowest BCUT2D eigenvalue weighted by molar-refractivity contribution is -0.140. The Kier molecular flexibility index (Phi) is 4.43. The van der Waals surface area contributed by atoms with Gasteiger partial charge in [0.15, 0.2) is 0 Å². The minimum absolute atomic E-state index is 0.117. The number of fused-ring (bicyclic) bond motifs is 2. The lowest BCUT2D eigenvalue weighted by Gasteiger charge is -2.32.